The Hall–Kier alpha value is -3.46. The molecule has 0 amide bonds. The predicted octanol–water partition coefficient (Wildman–Crippen LogP) is 5.91. The van der Waals surface area contributed by atoms with Crippen LogP contribution in [-0.4, -0.2) is 9.97 Å². The third kappa shape index (κ3) is 3.47. The van der Waals surface area contributed by atoms with Crippen molar-refractivity contribution in [2.45, 2.75) is 6.92 Å². The van der Waals surface area contributed by atoms with Gasteiger partial charge in [0.25, 0.3) is 0 Å². The van der Waals surface area contributed by atoms with E-state index in [4.69, 9.17) is 4.74 Å². The Bertz CT molecular complexity index is 1010. The molecule has 2 aromatic carbocycles. The molecule has 2 heterocycles. The van der Waals surface area contributed by atoms with E-state index in [0.29, 0.717) is 0 Å². The normalized spacial score (nSPS) is 10.5. The van der Waals surface area contributed by atoms with Crippen molar-refractivity contribution in [2.75, 3.05) is 0 Å². The fourth-order valence-electron chi connectivity index (χ4n) is 2.78. The van der Waals surface area contributed by atoms with Crippen molar-refractivity contribution >= 4 is 0 Å². The summed E-state index contributed by atoms with van der Waals surface area (Å²) in [6, 6.07) is 25.9. The second-order valence-corrected chi connectivity index (χ2v) is 6.04. The summed E-state index contributed by atoms with van der Waals surface area (Å²) in [5.41, 5.74) is 5.00. The van der Waals surface area contributed by atoms with Crippen LogP contribution in [0.4, 0.5) is 0 Å². The molecular weight excluding hydrogens is 320 g/mol. The van der Waals surface area contributed by atoms with Gasteiger partial charge in [-0.2, -0.15) is 0 Å². The number of rotatable bonds is 4. The van der Waals surface area contributed by atoms with Crippen molar-refractivity contribution in [1.29, 1.82) is 0 Å². The minimum Gasteiger partial charge on any atom is -0.457 e. The lowest BCUT2D eigenvalue weighted by molar-refractivity contribution is 0.479. The van der Waals surface area contributed by atoms with E-state index in [1.165, 1.54) is 0 Å². The minimum absolute atomic E-state index is 0.787. The maximum atomic E-state index is 6.18. The van der Waals surface area contributed by atoms with E-state index < -0.39 is 0 Å². The summed E-state index contributed by atoms with van der Waals surface area (Å²) >= 11 is 0. The molecule has 0 aliphatic rings. The lowest BCUT2D eigenvalue weighted by atomic mass is 10.1. The Kier molecular flexibility index (Phi) is 4.44. The van der Waals surface area contributed by atoms with Gasteiger partial charge >= 0.3 is 0 Å². The highest BCUT2D eigenvalue weighted by Crippen LogP contribution is 2.31. The number of pyridine rings is 2. The first kappa shape index (κ1) is 16.0. The molecule has 0 aliphatic carbocycles. The van der Waals surface area contributed by atoms with Gasteiger partial charge in [0.15, 0.2) is 0 Å². The Labute approximate surface area is 153 Å². The number of benzene rings is 2. The zero-order valence-electron chi connectivity index (χ0n) is 14.5. The first-order valence-corrected chi connectivity index (χ1v) is 8.51. The van der Waals surface area contributed by atoms with Crippen LogP contribution in [-0.2, 0) is 0 Å². The third-order valence-electron chi connectivity index (χ3n) is 4.17. The molecule has 0 fully saturated rings. The van der Waals surface area contributed by atoms with Gasteiger partial charge in [-0.3, -0.25) is 9.97 Å². The number of nitrogens with zero attached hydrogens (tertiary/aromatic N) is 2. The molecule has 0 spiro atoms. The van der Waals surface area contributed by atoms with Crippen molar-refractivity contribution < 1.29 is 4.74 Å². The lowest BCUT2D eigenvalue weighted by Gasteiger charge is -2.12. The van der Waals surface area contributed by atoms with Crippen LogP contribution in [0.25, 0.3) is 22.5 Å². The molecule has 0 radical (unpaired) electrons. The summed E-state index contributed by atoms with van der Waals surface area (Å²) in [7, 11) is 0. The Morgan fingerprint density at radius 1 is 0.654 bits per heavy atom. The molecule has 3 heteroatoms. The molecule has 0 bridgehead atoms. The Balaban J connectivity index is 1.65. The molecule has 126 valence electrons. The molecular formula is C23H18N2O. The third-order valence-corrected chi connectivity index (χ3v) is 4.17. The fourth-order valence-corrected chi connectivity index (χ4v) is 2.78. The standard InChI is InChI=1S/C23H18N2O/c1-17-11-12-19(22-10-3-5-14-25-22)16-23(17)26-20-8-6-7-18(15-20)21-9-2-4-13-24-21/h2-16H,1H3. The van der Waals surface area contributed by atoms with Gasteiger partial charge in [-0.05, 0) is 55.0 Å². The number of hydrogen-bond acceptors (Lipinski definition) is 3. The van der Waals surface area contributed by atoms with Crippen molar-refractivity contribution in [3.8, 4) is 34.0 Å². The average Bonchev–Trinajstić information content (AvgIpc) is 2.71. The number of aryl methyl sites for hydroxylation is 1. The van der Waals surface area contributed by atoms with Gasteiger partial charge in [0.1, 0.15) is 11.5 Å². The molecule has 4 aromatic rings. The van der Waals surface area contributed by atoms with Crippen LogP contribution in [0.2, 0.25) is 0 Å². The fraction of sp³-hybridized carbons (Fsp3) is 0.0435. The molecule has 0 unspecified atom stereocenters. The van der Waals surface area contributed by atoms with E-state index in [-0.39, 0.29) is 0 Å². The van der Waals surface area contributed by atoms with Crippen LogP contribution in [0, 0.1) is 6.92 Å². The van der Waals surface area contributed by atoms with Gasteiger partial charge in [0, 0.05) is 23.5 Å². The first-order valence-electron chi connectivity index (χ1n) is 8.51. The average molecular weight is 338 g/mol. The molecule has 0 saturated heterocycles. The molecule has 2 aromatic heterocycles. The zero-order chi connectivity index (χ0) is 17.8. The summed E-state index contributed by atoms with van der Waals surface area (Å²) in [5, 5.41) is 0. The topological polar surface area (TPSA) is 35.0 Å². The summed E-state index contributed by atoms with van der Waals surface area (Å²) in [6.07, 6.45) is 3.59. The molecule has 26 heavy (non-hydrogen) atoms. The highest BCUT2D eigenvalue weighted by molar-refractivity contribution is 5.64. The van der Waals surface area contributed by atoms with Crippen molar-refractivity contribution in [2.24, 2.45) is 0 Å². The maximum absolute atomic E-state index is 6.18. The summed E-state index contributed by atoms with van der Waals surface area (Å²) in [4.78, 5) is 8.82. The lowest BCUT2D eigenvalue weighted by Crippen LogP contribution is -1.91. The molecule has 4 rings (SSSR count). The highest BCUT2D eigenvalue weighted by Gasteiger charge is 2.07. The van der Waals surface area contributed by atoms with Crippen molar-refractivity contribution in [3.63, 3.8) is 0 Å². The van der Waals surface area contributed by atoms with Crippen molar-refractivity contribution in [1.82, 2.24) is 9.97 Å². The van der Waals surface area contributed by atoms with Crippen LogP contribution in [0.15, 0.2) is 91.3 Å². The van der Waals surface area contributed by atoms with Crippen LogP contribution in [0.1, 0.15) is 5.56 Å². The van der Waals surface area contributed by atoms with Gasteiger partial charge in [0.05, 0.1) is 11.4 Å². The number of ether oxygens (including phenoxy) is 1. The van der Waals surface area contributed by atoms with E-state index in [2.05, 4.69) is 22.1 Å². The SMILES string of the molecule is Cc1ccc(-c2ccccn2)cc1Oc1cccc(-c2ccccn2)c1. The minimum atomic E-state index is 0.787. The van der Waals surface area contributed by atoms with Crippen molar-refractivity contribution in [3.05, 3.63) is 96.8 Å². The smallest absolute Gasteiger partial charge is 0.131 e. The Morgan fingerprint density at radius 2 is 1.35 bits per heavy atom. The van der Waals surface area contributed by atoms with E-state index >= 15 is 0 Å². The first-order chi connectivity index (χ1) is 12.8. The van der Waals surface area contributed by atoms with Gasteiger partial charge in [-0.25, -0.2) is 0 Å². The van der Waals surface area contributed by atoms with E-state index in [1.54, 1.807) is 12.4 Å². The second kappa shape index (κ2) is 7.19. The van der Waals surface area contributed by atoms with E-state index in [1.807, 2.05) is 73.7 Å². The summed E-state index contributed by atoms with van der Waals surface area (Å²) < 4.78 is 6.18. The van der Waals surface area contributed by atoms with Crippen LogP contribution in [0.3, 0.4) is 0 Å². The van der Waals surface area contributed by atoms with Crippen LogP contribution in [0.5, 0.6) is 11.5 Å². The summed E-state index contributed by atoms with van der Waals surface area (Å²) in [5.74, 6) is 1.61. The Morgan fingerprint density at radius 3 is 2.00 bits per heavy atom. The zero-order valence-corrected chi connectivity index (χ0v) is 14.5. The maximum Gasteiger partial charge on any atom is 0.131 e. The number of aromatic nitrogens is 2. The van der Waals surface area contributed by atoms with Crippen LogP contribution < -0.4 is 4.74 Å². The van der Waals surface area contributed by atoms with Gasteiger partial charge in [-0.1, -0.05) is 36.4 Å². The predicted molar refractivity (Wildman–Crippen MR) is 104 cm³/mol. The summed E-state index contributed by atoms with van der Waals surface area (Å²) in [6.45, 7) is 2.04. The second-order valence-electron chi connectivity index (χ2n) is 6.04. The monoisotopic (exact) mass is 338 g/mol. The van der Waals surface area contributed by atoms with Crippen LogP contribution >= 0.6 is 0 Å². The molecule has 3 nitrogen and oxygen atoms in total. The van der Waals surface area contributed by atoms with Gasteiger partial charge in [-0.15, -0.1) is 0 Å². The quantitative estimate of drug-likeness (QED) is 0.464. The molecule has 0 saturated carbocycles. The van der Waals surface area contributed by atoms with Gasteiger partial charge < -0.3 is 4.74 Å². The number of hydrogen-bond donors (Lipinski definition) is 0. The van der Waals surface area contributed by atoms with Gasteiger partial charge in [0.2, 0.25) is 0 Å². The van der Waals surface area contributed by atoms with E-state index in [0.717, 1.165) is 39.6 Å². The molecule has 0 aliphatic heterocycles. The highest BCUT2D eigenvalue weighted by atomic mass is 16.5. The molecule has 0 N–H and O–H groups in total. The largest absolute Gasteiger partial charge is 0.457 e. The van der Waals surface area contributed by atoms with E-state index in [9.17, 15) is 0 Å². The molecule has 0 atom stereocenters.